The molecule has 0 spiro atoms. The van der Waals surface area contributed by atoms with Crippen LogP contribution in [0.25, 0.3) is 0 Å². The highest BCUT2D eigenvalue weighted by molar-refractivity contribution is 5.90. The summed E-state index contributed by atoms with van der Waals surface area (Å²) >= 11 is 0. The Morgan fingerprint density at radius 1 is 1.42 bits per heavy atom. The number of hydrogen-bond acceptors (Lipinski definition) is 3. The fourth-order valence-corrected chi connectivity index (χ4v) is 2.13. The van der Waals surface area contributed by atoms with Gasteiger partial charge < -0.3 is 15.7 Å². The lowest BCUT2D eigenvalue weighted by molar-refractivity contribution is -0.142. The molecule has 1 fully saturated rings. The molecule has 2 atom stereocenters. The first-order valence-corrected chi connectivity index (χ1v) is 6.72. The number of aliphatic carboxylic acids is 1. The van der Waals surface area contributed by atoms with Crippen LogP contribution in [0.3, 0.4) is 0 Å². The van der Waals surface area contributed by atoms with Crippen molar-refractivity contribution >= 4 is 17.8 Å². The smallest absolute Gasteiger partial charge is 0.326 e. The molecule has 108 valence electrons. The summed E-state index contributed by atoms with van der Waals surface area (Å²) in [6, 6.07) is -1.50. The van der Waals surface area contributed by atoms with Crippen LogP contribution < -0.4 is 10.6 Å². The average molecular weight is 270 g/mol. The molecule has 0 bridgehead atoms. The SMILES string of the molecule is CC(C)C[C@@H](NC(=O)C1CCCCC(=O)N1)C(=O)O. The molecule has 1 rings (SSSR count). The third kappa shape index (κ3) is 5.28. The number of carbonyl (C=O) groups excluding carboxylic acids is 2. The predicted octanol–water partition coefficient (Wildman–Crippen LogP) is 0.661. The molecule has 0 aromatic carbocycles. The molecule has 0 radical (unpaired) electrons. The van der Waals surface area contributed by atoms with E-state index in [4.69, 9.17) is 5.11 Å². The van der Waals surface area contributed by atoms with Gasteiger partial charge in [0.1, 0.15) is 12.1 Å². The molecule has 1 unspecified atom stereocenters. The number of nitrogens with one attached hydrogen (secondary N) is 2. The molecule has 0 aromatic rings. The van der Waals surface area contributed by atoms with Crippen LogP contribution in [-0.2, 0) is 14.4 Å². The van der Waals surface area contributed by atoms with E-state index in [2.05, 4.69) is 10.6 Å². The lowest BCUT2D eigenvalue weighted by atomic mass is 10.0. The van der Waals surface area contributed by atoms with Gasteiger partial charge in [-0.2, -0.15) is 0 Å². The van der Waals surface area contributed by atoms with E-state index in [1.807, 2.05) is 13.8 Å². The van der Waals surface area contributed by atoms with Gasteiger partial charge in [0, 0.05) is 6.42 Å². The van der Waals surface area contributed by atoms with E-state index in [1.165, 1.54) is 0 Å². The lowest BCUT2D eigenvalue weighted by Gasteiger charge is -2.21. The first kappa shape index (κ1) is 15.5. The van der Waals surface area contributed by atoms with Crippen molar-refractivity contribution in [3.05, 3.63) is 0 Å². The lowest BCUT2D eigenvalue weighted by Crippen LogP contribution is -2.51. The summed E-state index contributed by atoms with van der Waals surface area (Å²) in [5.41, 5.74) is 0. The molecule has 0 aliphatic carbocycles. The van der Waals surface area contributed by atoms with E-state index >= 15 is 0 Å². The molecular weight excluding hydrogens is 248 g/mol. The van der Waals surface area contributed by atoms with Crippen molar-refractivity contribution in [3.8, 4) is 0 Å². The Labute approximate surface area is 112 Å². The second-order valence-corrected chi connectivity index (χ2v) is 5.39. The van der Waals surface area contributed by atoms with Crippen molar-refractivity contribution in [3.63, 3.8) is 0 Å². The minimum atomic E-state index is -1.04. The van der Waals surface area contributed by atoms with Crippen LogP contribution in [0.15, 0.2) is 0 Å². The molecule has 3 N–H and O–H groups in total. The normalized spacial score (nSPS) is 21.4. The number of amides is 2. The Kier molecular flexibility index (Phi) is 5.79. The van der Waals surface area contributed by atoms with Crippen molar-refractivity contribution in [2.24, 2.45) is 5.92 Å². The third-order valence-electron chi connectivity index (χ3n) is 3.12. The summed E-state index contributed by atoms with van der Waals surface area (Å²) in [5.74, 6) is -1.41. The highest BCUT2D eigenvalue weighted by Crippen LogP contribution is 2.11. The first-order chi connectivity index (χ1) is 8.90. The Hall–Kier alpha value is -1.59. The maximum Gasteiger partial charge on any atom is 0.326 e. The van der Waals surface area contributed by atoms with Crippen LogP contribution in [0.2, 0.25) is 0 Å². The number of rotatable bonds is 5. The third-order valence-corrected chi connectivity index (χ3v) is 3.12. The second kappa shape index (κ2) is 7.11. The van der Waals surface area contributed by atoms with Gasteiger partial charge in [0.2, 0.25) is 11.8 Å². The Morgan fingerprint density at radius 2 is 2.11 bits per heavy atom. The van der Waals surface area contributed by atoms with Crippen molar-refractivity contribution in [1.29, 1.82) is 0 Å². The number of carbonyl (C=O) groups is 3. The summed E-state index contributed by atoms with van der Waals surface area (Å²) in [4.78, 5) is 34.5. The van der Waals surface area contributed by atoms with Gasteiger partial charge in [-0.15, -0.1) is 0 Å². The standard InChI is InChI=1S/C13H22N2O4/c1-8(2)7-10(13(18)19)15-12(17)9-5-3-4-6-11(16)14-9/h8-10H,3-7H2,1-2H3,(H,14,16)(H,15,17)(H,18,19)/t9?,10-/m1/s1. The van der Waals surface area contributed by atoms with Crippen LogP contribution in [0, 0.1) is 5.92 Å². The zero-order chi connectivity index (χ0) is 14.4. The van der Waals surface area contributed by atoms with Crippen molar-refractivity contribution in [2.45, 2.75) is 58.0 Å². The van der Waals surface area contributed by atoms with Crippen LogP contribution in [-0.4, -0.2) is 35.0 Å². The molecule has 1 aliphatic heterocycles. The number of carboxylic acid groups (broad SMARTS) is 1. The molecule has 0 aromatic heterocycles. The molecule has 2 amide bonds. The summed E-state index contributed by atoms with van der Waals surface area (Å²) in [6.07, 6.45) is 2.92. The highest BCUT2D eigenvalue weighted by Gasteiger charge is 2.27. The second-order valence-electron chi connectivity index (χ2n) is 5.39. The number of carboxylic acids is 1. The van der Waals surface area contributed by atoms with Crippen LogP contribution >= 0.6 is 0 Å². The topological polar surface area (TPSA) is 95.5 Å². The quantitative estimate of drug-likeness (QED) is 0.684. The van der Waals surface area contributed by atoms with Gasteiger partial charge >= 0.3 is 5.97 Å². The molecule has 1 heterocycles. The highest BCUT2D eigenvalue weighted by atomic mass is 16.4. The maximum absolute atomic E-state index is 12.0. The average Bonchev–Trinajstić information content (AvgIpc) is 2.52. The van der Waals surface area contributed by atoms with Gasteiger partial charge in [-0.3, -0.25) is 9.59 Å². The monoisotopic (exact) mass is 270 g/mol. The zero-order valence-corrected chi connectivity index (χ0v) is 11.4. The van der Waals surface area contributed by atoms with Crippen LogP contribution in [0.5, 0.6) is 0 Å². The van der Waals surface area contributed by atoms with Gasteiger partial charge in [-0.25, -0.2) is 4.79 Å². The Bertz CT molecular complexity index is 355. The van der Waals surface area contributed by atoms with E-state index in [1.54, 1.807) is 0 Å². The van der Waals surface area contributed by atoms with Gasteiger partial charge in [0.05, 0.1) is 0 Å². The van der Waals surface area contributed by atoms with Crippen molar-refractivity contribution in [1.82, 2.24) is 10.6 Å². The molecule has 19 heavy (non-hydrogen) atoms. The van der Waals surface area contributed by atoms with E-state index in [0.717, 1.165) is 12.8 Å². The minimum absolute atomic E-state index is 0.145. The Morgan fingerprint density at radius 3 is 2.68 bits per heavy atom. The van der Waals surface area contributed by atoms with Crippen LogP contribution in [0.1, 0.15) is 46.0 Å². The fraction of sp³-hybridized carbons (Fsp3) is 0.769. The maximum atomic E-state index is 12.0. The van der Waals surface area contributed by atoms with E-state index in [0.29, 0.717) is 19.3 Å². The van der Waals surface area contributed by atoms with Gasteiger partial charge in [0.25, 0.3) is 0 Å². The van der Waals surface area contributed by atoms with Crippen LogP contribution in [0.4, 0.5) is 0 Å². The molecule has 1 saturated heterocycles. The molecule has 6 nitrogen and oxygen atoms in total. The van der Waals surface area contributed by atoms with Gasteiger partial charge in [-0.05, 0) is 25.2 Å². The molecule has 1 aliphatic rings. The largest absolute Gasteiger partial charge is 0.480 e. The summed E-state index contributed by atoms with van der Waals surface area (Å²) in [6.45, 7) is 3.80. The Balaban J connectivity index is 2.59. The summed E-state index contributed by atoms with van der Waals surface area (Å²) in [7, 11) is 0. The predicted molar refractivity (Wildman–Crippen MR) is 69.4 cm³/mol. The van der Waals surface area contributed by atoms with Crippen molar-refractivity contribution in [2.75, 3.05) is 0 Å². The molecular formula is C13H22N2O4. The summed E-state index contributed by atoms with van der Waals surface area (Å²) < 4.78 is 0. The molecule has 6 heteroatoms. The van der Waals surface area contributed by atoms with E-state index in [-0.39, 0.29) is 11.8 Å². The minimum Gasteiger partial charge on any atom is -0.480 e. The summed E-state index contributed by atoms with van der Waals surface area (Å²) in [5, 5.41) is 14.2. The fourth-order valence-electron chi connectivity index (χ4n) is 2.13. The van der Waals surface area contributed by atoms with E-state index < -0.39 is 24.0 Å². The number of hydrogen-bond donors (Lipinski definition) is 3. The van der Waals surface area contributed by atoms with Crippen molar-refractivity contribution < 1.29 is 19.5 Å². The van der Waals surface area contributed by atoms with Gasteiger partial charge in [-0.1, -0.05) is 20.3 Å². The van der Waals surface area contributed by atoms with Gasteiger partial charge in [0.15, 0.2) is 0 Å². The molecule has 0 saturated carbocycles. The van der Waals surface area contributed by atoms with E-state index in [9.17, 15) is 14.4 Å². The first-order valence-electron chi connectivity index (χ1n) is 6.72. The zero-order valence-electron chi connectivity index (χ0n) is 11.4.